The molecule has 4 rings (SSSR count). The van der Waals surface area contributed by atoms with E-state index in [0.717, 1.165) is 19.3 Å². The number of carbonyl (C=O) groups is 1. The number of ether oxygens (including phenoxy) is 1. The Morgan fingerprint density at radius 3 is 2.00 bits per heavy atom. The molecule has 0 radical (unpaired) electrons. The van der Waals surface area contributed by atoms with Crippen molar-refractivity contribution in [3.63, 3.8) is 0 Å². The fourth-order valence-electron chi connectivity index (χ4n) is 5.42. The van der Waals surface area contributed by atoms with Gasteiger partial charge in [-0.1, -0.05) is 13.8 Å². The molecule has 4 bridgehead atoms. The molecule has 4 aliphatic rings. The molecule has 0 amide bonds. The molecule has 0 aliphatic heterocycles. The van der Waals surface area contributed by atoms with Crippen LogP contribution in [-0.4, -0.2) is 30.5 Å². The molecule has 0 aromatic carbocycles. The fourth-order valence-corrected chi connectivity index (χ4v) is 6.29. The third-order valence-corrected chi connectivity index (χ3v) is 7.46. The minimum atomic E-state index is -5.18. The van der Waals surface area contributed by atoms with Gasteiger partial charge in [0.05, 0.1) is 6.61 Å². The smallest absolute Gasteiger partial charge is 0.362 e. The second-order valence-corrected chi connectivity index (χ2v) is 9.81. The molecule has 7 heteroatoms. The molecule has 1 N–H and O–H groups in total. The average molecular weight is 348 g/mol. The monoisotopic (exact) mass is 348 g/mol. The van der Waals surface area contributed by atoms with Crippen LogP contribution in [0, 0.1) is 29.1 Å². The first-order valence-corrected chi connectivity index (χ1v) is 9.83. The van der Waals surface area contributed by atoms with Crippen LogP contribution in [0.4, 0.5) is 4.39 Å². The molecular weight excluding hydrogens is 323 g/mol. The Morgan fingerprint density at radius 2 is 1.65 bits per heavy atom. The highest BCUT2D eigenvalue weighted by molar-refractivity contribution is 7.87. The SMILES string of the molecule is CC(C)C(F)(C(=O)OCC12CC3CC(CC(C3)C1)C2)S(=O)(=O)O. The maximum atomic E-state index is 14.7. The highest BCUT2D eigenvalue weighted by atomic mass is 32.2. The lowest BCUT2D eigenvalue weighted by atomic mass is 9.50. The first-order valence-electron chi connectivity index (χ1n) is 8.39. The number of alkyl halides is 1. The summed E-state index contributed by atoms with van der Waals surface area (Å²) >= 11 is 0. The van der Waals surface area contributed by atoms with Crippen LogP contribution in [0.3, 0.4) is 0 Å². The zero-order valence-corrected chi connectivity index (χ0v) is 14.4. The summed E-state index contributed by atoms with van der Waals surface area (Å²) in [4.78, 5) is 12.1. The topological polar surface area (TPSA) is 80.7 Å². The van der Waals surface area contributed by atoms with E-state index in [9.17, 15) is 17.6 Å². The predicted octanol–water partition coefficient (Wildman–Crippen LogP) is 2.96. The lowest BCUT2D eigenvalue weighted by Gasteiger charge is -2.56. The van der Waals surface area contributed by atoms with E-state index in [0.29, 0.717) is 17.8 Å². The van der Waals surface area contributed by atoms with Gasteiger partial charge in [0.2, 0.25) is 0 Å². The van der Waals surface area contributed by atoms with Gasteiger partial charge in [0.15, 0.2) is 0 Å². The molecule has 0 saturated heterocycles. The highest BCUT2D eigenvalue weighted by Gasteiger charge is 2.57. The molecule has 4 aliphatic carbocycles. The Labute approximate surface area is 136 Å². The van der Waals surface area contributed by atoms with Crippen LogP contribution < -0.4 is 0 Å². The first-order chi connectivity index (χ1) is 10.6. The van der Waals surface area contributed by atoms with Gasteiger partial charge >= 0.3 is 21.1 Å². The van der Waals surface area contributed by atoms with E-state index in [4.69, 9.17) is 9.29 Å². The zero-order chi connectivity index (χ0) is 17.0. The molecule has 4 fully saturated rings. The molecule has 5 nitrogen and oxygen atoms in total. The Hall–Kier alpha value is -0.690. The van der Waals surface area contributed by atoms with Crippen molar-refractivity contribution in [2.24, 2.45) is 29.1 Å². The molecule has 0 spiro atoms. The van der Waals surface area contributed by atoms with Crippen LogP contribution in [0.1, 0.15) is 52.4 Å². The van der Waals surface area contributed by atoms with Gasteiger partial charge in [-0.25, -0.2) is 9.18 Å². The van der Waals surface area contributed by atoms with E-state index < -0.39 is 27.0 Å². The van der Waals surface area contributed by atoms with Crippen molar-refractivity contribution in [1.82, 2.24) is 0 Å². The standard InChI is InChI=1S/C16H25FO5S/c1-10(2)16(17,23(19,20)21)14(18)22-9-15-6-11-3-12(7-15)5-13(4-11)8-15/h10-13H,3-9H2,1-2H3,(H,19,20,21). The zero-order valence-electron chi connectivity index (χ0n) is 13.6. The minimum absolute atomic E-state index is 0.0588. The van der Waals surface area contributed by atoms with Crippen LogP contribution in [0.25, 0.3) is 0 Å². The minimum Gasteiger partial charge on any atom is -0.462 e. The van der Waals surface area contributed by atoms with Crippen LogP contribution in [-0.2, 0) is 19.6 Å². The van der Waals surface area contributed by atoms with Crippen LogP contribution in [0.5, 0.6) is 0 Å². The number of esters is 1. The third-order valence-electron chi connectivity index (χ3n) is 6.07. The Balaban J connectivity index is 1.72. The van der Waals surface area contributed by atoms with Gasteiger partial charge in [-0.05, 0) is 56.3 Å². The summed E-state index contributed by atoms with van der Waals surface area (Å²) in [5.74, 6) is -0.739. The molecule has 23 heavy (non-hydrogen) atoms. The lowest BCUT2D eigenvalue weighted by molar-refractivity contribution is -0.165. The molecule has 0 aromatic heterocycles. The van der Waals surface area contributed by atoms with E-state index in [1.165, 1.54) is 33.1 Å². The average Bonchev–Trinajstić information content (AvgIpc) is 2.41. The Kier molecular flexibility index (Phi) is 4.03. The van der Waals surface area contributed by atoms with Crippen molar-refractivity contribution in [3.05, 3.63) is 0 Å². The van der Waals surface area contributed by atoms with Crippen molar-refractivity contribution in [2.45, 2.75) is 57.4 Å². The summed E-state index contributed by atoms with van der Waals surface area (Å²) in [5, 5.41) is -3.39. The maximum Gasteiger partial charge on any atom is 0.362 e. The van der Waals surface area contributed by atoms with E-state index in [-0.39, 0.29) is 12.0 Å². The van der Waals surface area contributed by atoms with Gasteiger partial charge in [0.25, 0.3) is 0 Å². The number of rotatable bonds is 5. The van der Waals surface area contributed by atoms with Gasteiger partial charge < -0.3 is 4.74 Å². The maximum absolute atomic E-state index is 14.7. The highest BCUT2D eigenvalue weighted by Crippen LogP contribution is 2.60. The molecule has 1 atom stereocenters. The second-order valence-electron chi connectivity index (χ2n) is 8.27. The van der Waals surface area contributed by atoms with E-state index in [1.54, 1.807) is 0 Å². The van der Waals surface area contributed by atoms with Crippen molar-refractivity contribution in [1.29, 1.82) is 0 Å². The molecule has 4 saturated carbocycles. The normalized spacial score (nSPS) is 38.6. The predicted molar refractivity (Wildman–Crippen MR) is 81.8 cm³/mol. The summed E-state index contributed by atoms with van der Waals surface area (Å²) in [5.41, 5.74) is -0.123. The van der Waals surface area contributed by atoms with E-state index in [2.05, 4.69) is 0 Å². The molecule has 0 aromatic rings. The van der Waals surface area contributed by atoms with E-state index in [1.807, 2.05) is 0 Å². The lowest BCUT2D eigenvalue weighted by Crippen LogP contribution is -2.51. The summed E-state index contributed by atoms with van der Waals surface area (Å²) < 4.78 is 51.6. The van der Waals surface area contributed by atoms with Crippen molar-refractivity contribution >= 4 is 16.1 Å². The first kappa shape index (κ1) is 17.1. The summed E-state index contributed by atoms with van der Waals surface area (Å²) in [6, 6.07) is 0. The Bertz CT molecular complexity index is 564. The number of carbonyl (C=O) groups excluding carboxylic acids is 1. The van der Waals surface area contributed by atoms with Gasteiger partial charge in [-0.2, -0.15) is 8.42 Å². The summed E-state index contributed by atoms with van der Waals surface area (Å²) in [6.07, 6.45) is 6.61. The summed E-state index contributed by atoms with van der Waals surface area (Å²) in [7, 11) is -5.18. The van der Waals surface area contributed by atoms with Crippen molar-refractivity contribution in [2.75, 3.05) is 6.61 Å². The number of hydrogen-bond donors (Lipinski definition) is 1. The molecule has 132 valence electrons. The number of hydrogen-bond acceptors (Lipinski definition) is 4. The summed E-state index contributed by atoms with van der Waals surface area (Å²) in [6.45, 7) is 2.53. The largest absolute Gasteiger partial charge is 0.462 e. The van der Waals surface area contributed by atoms with Gasteiger partial charge in [0.1, 0.15) is 0 Å². The fraction of sp³-hybridized carbons (Fsp3) is 0.938. The molecular formula is C16H25FO5S. The molecule has 1 unspecified atom stereocenters. The number of halogens is 1. The van der Waals surface area contributed by atoms with Gasteiger partial charge in [-0.3, -0.25) is 4.55 Å². The third kappa shape index (κ3) is 2.80. The van der Waals surface area contributed by atoms with Gasteiger partial charge in [0, 0.05) is 11.3 Å². The van der Waals surface area contributed by atoms with Crippen LogP contribution >= 0.6 is 0 Å². The van der Waals surface area contributed by atoms with Crippen LogP contribution in [0.2, 0.25) is 0 Å². The van der Waals surface area contributed by atoms with Crippen LogP contribution in [0.15, 0.2) is 0 Å². The Morgan fingerprint density at radius 1 is 1.22 bits per heavy atom. The molecule has 0 heterocycles. The van der Waals surface area contributed by atoms with E-state index >= 15 is 0 Å². The quantitative estimate of drug-likeness (QED) is 0.610. The van der Waals surface area contributed by atoms with Crippen molar-refractivity contribution in [3.8, 4) is 0 Å². The van der Waals surface area contributed by atoms with Gasteiger partial charge in [-0.15, -0.1) is 0 Å². The van der Waals surface area contributed by atoms with Crippen molar-refractivity contribution < 1.29 is 26.9 Å². The second kappa shape index (κ2) is 5.41.